The maximum absolute atomic E-state index is 11.8. The van der Waals surface area contributed by atoms with Crippen molar-refractivity contribution < 1.29 is 14.3 Å². The highest BCUT2D eigenvalue weighted by Gasteiger charge is 2.24. The van der Waals surface area contributed by atoms with Gasteiger partial charge in [-0.1, -0.05) is 63.6 Å². The second-order valence-electron chi connectivity index (χ2n) is 8.36. The number of rotatable bonds is 7. The van der Waals surface area contributed by atoms with Gasteiger partial charge < -0.3 is 9.47 Å². The van der Waals surface area contributed by atoms with Crippen LogP contribution in [0.4, 0.5) is 0 Å². The smallest absolute Gasteiger partial charge is 0.308 e. The zero-order valence-electron chi connectivity index (χ0n) is 19.6. The summed E-state index contributed by atoms with van der Waals surface area (Å²) in [6.07, 6.45) is 1.16. The number of hydrogen-bond acceptors (Lipinski definition) is 5. The van der Waals surface area contributed by atoms with Crippen LogP contribution in [-0.4, -0.2) is 35.3 Å². The average Bonchev–Trinajstić information content (AvgIpc) is 2.95. The van der Waals surface area contributed by atoms with E-state index in [2.05, 4.69) is 43.0 Å². The number of carbonyl (C=O) groups is 1. The molecule has 1 aromatic carbocycles. The van der Waals surface area contributed by atoms with Crippen molar-refractivity contribution in [2.75, 3.05) is 7.05 Å². The van der Waals surface area contributed by atoms with Crippen molar-refractivity contribution in [1.29, 1.82) is 0 Å². The molecule has 0 N–H and O–H groups in total. The van der Waals surface area contributed by atoms with Gasteiger partial charge in [0.05, 0.1) is 10.7 Å². The lowest BCUT2D eigenvalue weighted by atomic mass is 9.86. The number of carbonyl (C=O) groups excluding carboxylic acids is 1. The van der Waals surface area contributed by atoms with Crippen LogP contribution >= 0.6 is 11.6 Å². The van der Waals surface area contributed by atoms with Crippen molar-refractivity contribution in [2.45, 2.75) is 59.7 Å². The Hall–Kier alpha value is -2.60. The first-order chi connectivity index (χ1) is 14.5. The highest BCUT2D eigenvalue weighted by Crippen LogP contribution is 2.34. The Morgan fingerprint density at radius 3 is 2.32 bits per heavy atom. The Bertz CT molecular complexity index is 983. The van der Waals surface area contributed by atoms with Crippen LogP contribution in [0, 0.1) is 6.92 Å². The summed E-state index contributed by atoms with van der Waals surface area (Å²) >= 11 is 6.59. The third kappa shape index (κ3) is 5.97. The summed E-state index contributed by atoms with van der Waals surface area (Å²) in [6.45, 7) is 11.7. The molecule has 0 saturated heterocycles. The van der Waals surface area contributed by atoms with Crippen molar-refractivity contribution in [3.63, 3.8) is 0 Å². The molecule has 0 amide bonds. The molecule has 1 heterocycles. The van der Waals surface area contributed by atoms with E-state index in [1.54, 1.807) is 38.8 Å². The minimum absolute atomic E-state index is 0.0336. The summed E-state index contributed by atoms with van der Waals surface area (Å²) in [7, 11) is 3.49. The van der Waals surface area contributed by atoms with Gasteiger partial charge in [-0.25, -0.2) is 0 Å². The largest absolute Gasteiger partial charge is 0.452 e. The van der Waals surface area contributed by atoms with Crippen LogP contribution in [0.1, 0.15) is 63.6 Å². The molecule has 7 heteroatoms. The van der Waals surface area contributed by atoms with Crippen LogP contribution in [-0.2, 0) is 26.7 Å². The van der Waals surface area contributed by atoms with Gasteiger partial charge in [0.1, 0.15) is 5.69 Å². The lowest BCUT2D eigenvalue weighted by Crippen LogP contribution is -2.19. The van der Waals surface area contributed by atoms with Gasteiger partial charge in [-0.15, -0.1) is 0 Å². The predicted molar refractivity (Wildman–Crippen MR) is 126 cm³/mol. The molecule has 31 heavy (non-hydrogen) atoms. The van der Waals surface area contributed by atoms with Crippen molar-refractivity contribution in [3.05, 3.63) is 51.8 Å². The van der Waals surface area contributed by atoms with Gasteiger partial charge >= 0.3 is 5.97 Å². The molecule has 1 unspecified atom stereocenters. The number of aryl methyl sites for hydroxylation is 2. The molecule has 0 radical (unpaired) electrons. The van der Waals surface area contributed by atoms with Gasteiger partial charge in [-0.3, -0.25) is 14.5 Å². The quantitative estimate of drug-likeness (QED) is 0.242. The van der Waals surface area contributed by atoms with Crippen LogP contribution in [0.15, 0.2) is 29.3 Å². The summed E-state index contributed by atoms with van der Waals surface area (Å²) in [5.74, 6) is 0.0954. The summed E-state index contributed by atoms with van der Waals surface area (Å²) in [6, 6.07) is 8.24. The fraction of sp³-hybridized carbons (Fsp3) is 0.458. The standard InChI is InChI=1S/C24H32ClN3O3/c1-9-20(29)30-16(3)31-23(22-21(25)15(2)27-28(22)8)19(14-26-7)17-10-12-18(13-11-17)24(4,5)6/h10-14,16H,9H2,1-8H3/b23-19-,26-14?. The van der Waals surface area contributed by atoms with Gasteiger partial charge in [0, 0.05) is 39.2 Å². The Balaban J connectivity index is 2.69. The van der Waals surface area contributed by atoms with E-state index in [9.17, 15) is 4.79 Å². The number of ether oxygens (including phenoxy) is 2. The first-order valence-electron chi connectivity index (χ1n) is 10.3. The zero-order chi connectivity index (χ0) is 23.3. The van der Waals surface area contributed by atoms with Gasteiger partial charge in [-0.2, -0.15) is 5.10 Å². The number of aliphatic imine (C=N–C) groups is 1. The third-order valence-electron chi connectivity index (χ3n) is 4.80. The number of benzene rings is 1. The molecule has 0 spiro atoms. The Morgan fingerprint density at radius 2 is 1.87 bits per heavy atom. The van der Waals surface area contributed by atoms with Crippen LogP contribution in [0.3, 0.4) is 0 Å². The Labute approximate surface area is 189 Å². The molecule has 0 aliphatic rings. The zero-order valence-corrected chi connectivity index (χ0v) is 20.4. The van der Waals surface area contributed by atoms with Crippen molar-refractivity contribution in [1.82, 2.24) is 9.78 Å². The molecule has 0 aliphatic heterocycles. The Morgan fingerprint density at radius 1 is 1.26 bits per heavy atom. The van der Waals surface area contributed by atoms with Crippen LogP contribution in [0.5, 0.6) is 0 Å². The highest BCUT2D eigenvalue weighted by molar-refractivity contribution is 6.33. The van der Waals surface area contributed by atoms with Crippen molar-refractivity contribution in [2.24, 2.45) is 12.0 Å². The fourth-order valence-electron chi connectivity index (χ4n) is 3.13. The highest BCUT2D eigenvalue weighted by atomic mass is 35.5. The van der Waals surface area contributed by atoms with E-state index in [1.807, 2.05) is 19.1 Å². The van der Waals surface area contributed by atoms with Crippen LogP contribution in [0.2, 0.25) is 5.02 Å². The van der Waals surface area contributed by atoms with Gasteiger partial charge in [-0.05, 0) is 23.5 Å². The Kier molecular flexibility index (Phi) is 8.07. The maximum atomic E-state index is 11.8. The summed E-state index contributed by atoms with van der Waals surface area (Å²) in [5.41, 5.74) is 4.13. The number of aromatic nitrogens is 2. The van der Waals surface area contributed by atoms with E-state index in [4.69, 9.17) is 21.1 Å². The summed E-state index contributed by atoms with van der Waals surface area (Å²) in [4.78, 5) is 16.0. The van der Waals surface area contributed by atoms with E-state index >= 15 is 0 Å². The molecule has 0 saturated carbocycles. The minimum atomic E-state index is -0.817. The van der Waals surface area contributed by atoms with Gasteiger partial charge in [0.15, 0.2) is 5.76 Å². The predicted octanol–water partition coefficient (Wildman–Crippen LogP) is 5.56. The monoisotopic (exact) mass is 445 g/mol. The molecule has 0 aliphatic carbocycles. The van der Waals surface area contributed by atoms with Crippen molar-refractivity contribution in [3.8, 4) is 0 Å². The summed E-state index contributed by atoms with van der Waals surface area (Å²) < 4.78 is 13.2. The third-order valence-corrected chi connectivity index (χ3v) is 5.25. The van der Waals surface area contributed by atoms with E-state index in [0.29, 0.717) is 27.7 Å². The van der Waals surface area contributed by atoms with E-state index in [1.165, 1.54) is 5.56 Å². The molecule has 6 nitrogen and oxygen atoms in total. The average molecular weight is 446 g/mol. The minimum Gasteiger partial charge on any atom is -0.452 e. The van der Waals surface area contributed by atoms with Crippen LogP contribution in [0.25, 0.3) is 11.3 Å². The molecule has 2 rings (SSSR count). The molecular weight excluding hydrogens is 414 g/mol. The number of halogens is 1. The summed E-state index contributed by atoms with van der Waals surface area (Å²) in [5, 5.41) is 4.89. The van der Waals surface area contributed by atoms with Gasteiger partial charge in [0.2, 0.25) is 6.29 Å². The number of nitrogens with zero attached hydrogens (tertiary/aromatic N) is 3. The van der Waals surface area contributed by atoms with Crippen LogP contribution < -0.4 is 0 Å². The molecule has 0 bridgehead atoms. The topological polar surface area (TPSA) is 65.7 Å². The normalized spacial score (nSPS) is 13.8. The van der Waals surface area contributed by atoms with E-state index in [-0.39, 0.29) is 17.8 Å². The van der Waals surface area contributed by atoms with Crippen molar-refractivity contribution >= 4 is 35.1 Å². The molecule has 0 fully saturated rings. The lowest BCUT2D eigenvalue weighted by Gasteiger charge is -2.22. The first kappa shape index (κ1) is 24.7. The first-order valence-corrected chi connectivity index (χ1v) is 10.7. The molecule has 168 valence electrons. The second kappa shape index (κ2) is 10.1. The molecule has 1 aromatic heterocycles. The molecule has 2 aromatic rings. The molecule has 1 atom stereocenters. The fourth-order valence-corrected chi connectivity index (χ4v) is 3.37. The maximum Gasteiger partial charge on any atom is 0.308 e. The van der Waals surface area contributed by atoms with E-state index < -0.39 is 6.29 Å². The number of hydrogen-bond donors (Lipinski definition) is 0. The van der Waals surface area contributed by atoms with Gasteiger partial charge in [0.25, 0.3) is 0 Å². The number of allylic oxidation sites excluding steroid dienone is 1. The number of esters is 1. The SMILES string of the molecule is CCC(=O)OC(C)O/C(=C(/C=NC)c1ccc(C(C)(C)C)cc1)c1c(Cl)c(C)nn1C. The lowest BCUT2D eigenvalue weighted by molar-refractivity contribution is -0.163. The molecular formula is C24H32ClN3O3. The van der Waals surface area contributed by atoms with E-state index in [0.717, 1.165) is 5.56 Å². The second-order valence-corrected chi connectivity index (χ2v) is 8.74.